The standard InChI is InChI=1S/C13H13FN2O/c14-11-6-2-1-4-9(11)8-12(17)10-5-3-7-16-13(10)15/h1-7,12,17H,8H2,(H2,15,16). The Kier molecular flexibility index (Phi) is 3.35. The van der Waals surface area contributed by atoms with E-state index in [1.165, 1.54) is 6.07 Å². The second-order valence-electron chi connectivity index (χ2n) is 3.79. The molecule has 1 aromatic carbocycles. The number of aliphatic hydroxyl groups is 1. The quantitative estimate of drug-likeness (QED) is 0.851. The lowest BCUT2D eigenvalue weighted by Crippen LogP contribution is -2.07. The molecular formula is C13H13FN2O. The van der Waals surface area contributed by atoms with Crippen LogP contribution >= 0.6 is 0 Å². The molecule has 0 amide bonds. The number of aliphatic hydroxyl groups excluding tert-OH is 1. The molecule has 0 spiro atoms. The summed E-state index contributed by atoms with van der Waals surface area (Å²) < 4.78 is 13.4. The van der Waals surface area contributed by atoms with Gasteiger partial charge < -0.3 is 10.8 Å². The van der Waals surface area contributed by atoms with Crippen molar-refractivity contribution in [2.24, 2.45) is 0 Å². The molecule has 4 heteroatoms. The van der Waals surface area contributed by atoms with E-state index in [-0.39, 0.29) is 18.1 Å². The van der Waals surface area contributed by atoms with Crippen LogP contribution in [0, 0.1) is 5.82 Å². The first-order chi connectivity index (χ1) is 8.18. The van der Waals surface area contributed by atoms with E-state index in [9.17, 15) is 9.50 Å². The van der Waals surface area contributed by atoms with E-state index >= 15 is 0 Å². The zero-order valence-electron chi connectivity index (χ0n) is 9.18. The van der Waals surface area contributed by atoms with Crippen molar-refractivity contribution in [1.82, 2.24) is 4.98 Å². The number of nitrogen functional groups attached to an aromatic ring is 1. The Labute approximate surface area is 98.7 Å². The number of rotatable bonds is 3. The zero-order chi connectivity index (χ0) is 12.3. The Morgan fingerprint density at radius 2 is 2.00 bits per heavy atom. The number of nitrogens with two attached hydrogens (primary N) is 1. The van der Waals surface area contributed by atoms with E-state index in [4.69, 9.17) is 5.73 Å². The van der Waals surface area contributed by atoms with Crippen molar-refractivity contribution < 1.29 is 9.50 Å². The lowest BCUT2D eigenvalue weighted by atomic mass is 10.0. The molecule has 3 nitrogen and oxygen atoms in total. The molecule has 17 heavy (non-hydrogen) atoms. The Balaban J connectivity index is 2.20. The molecule has 88 valence electrons. The van der Waals surface area contributed by atoms with Gasteiger partial charge in [-0.3, -0.25) is 0 Å². The van der Waals surface area contributed by atoms with Gasteiger partial charge in [-0.15, -0.1) is 0 Å². The van der Waals surface area contributed by atoms with Gasteiger partial charge in [0.05, 0.1) is 6.10 Å². The van der Waals surface area contributed by atoms with Gasteiger partial charge in [0.25, 0.3) is 0 Å². The van der Waals surface area contributed by atoms with Gasteiger partial charge in [-0.25, -0.2) is 9.37 Å². The SMILES string of the molecule is Nc1ncccc1C(O)Cc1ccccc1F. The second kappa shape index (κ2) is 4.93. The molecule has 0 radical (unpaired) electrons. The highest BCUT2D eigenvalue weighted by Gasteiger charge is 2.14. The molecule has 0 bridgehead atoms. The minimum atomic E-state index is -0.847. The van der Waals surface area contributed by atoms with Gasteiger partial charge in [0.15, 0.2) is 0 Å². The number of hydrogen-bond donors (Lipinski definition) is 2. The minimum absolute atomic E-state index is 0.183. The maximum absolute atomic E-state index is 13.4. The van der Waals surface area contributed by atoms with Crippen LogP contribution < -0.4 is 5.73 Å². The smallest absolute Gasteiger partial charge is 0.129 e. The highest BCUT2D eigenvalue weighted by atomic mass is 19.1. The summed E-state index contributed by atoms with van der Waals surface area (Å²) in [4.78, 5) is 3.89. The number of halogens is 1. The number of benzene rings is 1. The molecule has 0 saturated heterocycles. The van der Waals surface area contributed by atoms with E-state index in [0.29, 0.717) is 11.1 Å². The monoisotopic (exact) mass is 232 g/mol. The van der Waals surface area contributed by atoms with Crippen molar-refractivity contribution >= 4 is 5.82 Å². The summed E-state index contributed by atoms with van der Waals surface area (Å²) in [6.45, 7) is 0. The van der Waals surface area contributed by atoms with E-state index in [1.807, 2.05) is 0 Å². The Bertz CT molecular complexity index is 516. The third-order valence-electron chi connectivity index (χ3n) is 2.60. The van der Waals surface area contributed by atoms with E-state index in [0.717, 1.165) is 0 Å². The highest BCUT2D eigenvalue weighted by molar-refractivity contribution is 5.40. The molecule has 0 aliphatic rings. The van der Waals surface area contributed by atoms with Crippen molar-refractivity contribution in [3.8, 4) is 0 Å². The summed E-state index contributed by atoms with van der Waals surface area (Å²) in [5.74, 6) is -0.0506. The summed E-state index contributed by atoms with van der Waals surface area (Å²) in [5, 5.41) is 9.99. The fourth-order valence-electron chi connectivity index (χ4n) is 1.69. The molecule has 0 aliphatic heterocycles. The largest absolute Gasteiger partial charge is 0.388 e. The topological polar surface area (TPSA) is 59.1 Å². The number of nitrogens with zero attached hydrogens (tertiary/aromatic N) is 1. The van der Waals surface area contributed by atoms with Gasteiger partial charge in [-0.1, -0.05) is 24.3 Å². The van der Waals surface area contributed by atoms with Crippen molar-refractivity contribution in [2.45, 2.75) is 12.5 Å². The third-order valence-corrected chi connectivity index (χ3v) is 2.60. The molecule has 0 fully saturated rings. The molecule has 0 aliphatic carbocycles. The zero-order valence-corrected chi connectivity index (χ0v) is 9.18. The normalized spacial score (nSPS) is 12.4. The van der Waals surface area contributed by atoms with Crippen LogP contribution in [-0.4, -0.2) is 10.1 Å². The molecule has 1 atom stereocenters. The molecular weight excluding hydrogens is 219 g/mol. The maximum Gasteiger partial charge on any atom is 0.129 e. The van der Waals surface area contributed by atoms with Gasteiger partial charge in [-0.2, -0.15) is 0 Å². The first-order valence-electron chi connectivity index (χ1n) is 5.30. The maximum atomic E-state index is 13.4. The summed E-state index contributed by atoms with van der Waals surface area (Å²) in [6.07, 6.45) is 0.887. The Morgan fingerprint density at radius 3 is 2.71 bits per heavy atom. The second-order valence-corrected chi connectivity index (χ2v) is 3.79. The third kappa shape index (κ3) is 2.60. The van der Waals surface area contributed by atoms with Crippen LogP contribution in [0.3, 0.4) is 0 Å². The van der Waals surface area contributed by atoms with Crippen LogP contribution in [-0.2, 0) is 6.42 Å². The fourth-order valence-corrected chi connectivity index (χ4v) is 1.69. The van der Waals surface area contributed by atoms with Crippen LogP contribution in [0.15, 0.2) is 42.6 Å². The van der Waals surface area contributed by atoms with Gasteiger partial charge in [0.1, 0.15) is 11.6 Å². The first-order valence-corrected chi connectivity index (χ1v) is 5.30. The predicted octanol–water partition coefficient (Wildman–Crippen LogP) is 2.08. The minimum Gasteiger partial charge on any atom is -0.388 e. The van der Waals surface area contributed by atoms with Crippen LogP contribution in [0.25, 0.3) is 0 Å². The average Bonchev–Trinajstić information content (AvgIpc) is 2.32. The van der Waals surface area contributed by atoms with Gasteiger partial charge >= 0.3 is 0 Å². The van der Waals surface area contributed by atoms with Gasteiger partial charge in [0.2, 0.25) is 0 Å². The Morgan fingerprint density at radius 1 is 1.24 bits per heavy atom. The van der Waals surface area contributed by atoms with Crippen molar-refractivity contribution in [3.05, 3.63) is 59.5 Å². The van der Waals surface area contributed by atoms with E-state index in [1.54, 1.807) is 36.5 Å². The number of aromatic nitrogens is 1. The molecule has 3 N–H and O–H groups in total. The number of anilines is 1. The average molecular weight is 232 g/mol. The summed E-state index contributed by atoms with van der Waals surface area (Å²) in [5.41, 5.74) is 6.63. The van der Waals surface area contributed by atoms with Crippen LogP contribution in [0.4, 0.5) is 10.2 Å². The van der Waals surface area contributed by atoms with Crippen LogP contribution in [0.5, 0.6) is 0 Å². The number of pyridine rings is 1. The Hall–Kier alpha value is -1.94. The van der Waals surface area contributed by atoms with Gasteiger partial charge in [0, 0.05) is 18.2 Å². The van der Waals surface area contributed by atoms with Crippen molar-refractivity contribution in [1.29, 1.82) is 0 Å². The first kappa shape index (κ1) is 11.5. The summed E-state index contributed by atoms with van der Waals surface area (Å²) in [6, 6.07) is 9.74. The molecule has 1 aromatic heterocycles. The molecule has 1 heterocycles. The molecule has 2 aromatic rings. The van der Waals surface area contributed by atoms with Crippen molar-refractivity contribution in [3.63, 3.8) is 0 Å². The van der Waals surface area contributed by atoms with Crippen LogP contribution in [0.1, 0.15) is 17.2 Å². The molecule has 0 saturated carbocycles. The fraction of sp³-hybridized carbons (Fsp3) is 0.154. The molecule has 2 rings (SSSR count). The van der Waals surface area contributed by atoms with Crippen molar-refractivity contribution in [2.75, 3.05) is 5.73 Å². The lowest BCUT2D eigenvalue weighted by Gasteiger charge is -2.12. The van der Waals surface area contributed by atoms with Gasteiger partial charge in [-0.05, 0) is 17.7 Å². The van der Waals surface area contributed by atoms with Crippen LogP contribution in [0.2, 0.25) is 0 Å². The number of hydrogen-bond acceptors (Lipinski definition) is 3. The van der Waals surface area contributed by atoms with E-state index < -0.39 is 6.10 Å². The summed E-state index contributed by atoms with van der Waals surface area (Å²) >= 11 is 0. The summed E-state index contributed by atoms with van der Waals surface area (Å²) in [7, 11) is 0. The van der Waals surface area contributed by atoms with E-state index in [2.05, 4.69) is 4.98 Å². The molecule has 1 unspecified atom stereocenters. The highest BCUT2D eigenvalue weighted by Crippen LogP contribution is 2.22. The predicted molar refractivity (Wildman–Crippen MR) is 63.7 cm³/mol. The lowest BCUT2D eigenvalue weighted by molar-refractivity contribution is 0.177.